The molecule has 0 saturated carbocycles. The van der Waals surface area contributed by atoms with Gasteiger partial charge in [-0.15, -0.1) is 0 Å². The lowest BCUT2D eigenvalue weighted by atomic mass is 10.2. The van der Waals surface area contributed by atoms with Crippen LogP contribution in [0, 0.1) is 0 Å². The Kier molecular flexibility index (Phi) is 7.35. The van der Waals surface area contributed by atoms with E-state index in [9.17, 15) is 8.42 Å². The lowest BCUT2D eigenvalue weighted by Gasteiger charge is -2.19. The molecule has 7 nitrogen and oxygen atoms in total. The van der Waals surface area contributed by atoms with Crippen molar-refractivity contribution in [3.05, 3.63) is 60.2 Å². The molecule has 2 aromatic rings. The second kappa shape index (κ2) is 10.2. The summed E-state index contributed by atoms with van der Waals surface area (Å²) < 4.78 is 32.6. The highest BCUT2D eigenvalue weighted by molar-refractivity contribution is 7.92. The van der Waals surface area contributed by atoms with Gasteiger partial charge in [0, 0.05) is 13.1 Å². The number of sulfonamides is 1. The average molecular weight is 417 g/mol. The molecule has 0 radical (unpaired) electrons. The van der Waals surface area contributed by atoms with Crippen LogP contribution >= 0.6 is 0 Å². The van der Waals surface area contributed by atoms with Gasteiger partial charge in [-0.2, -0.15) is 0 Å². The number of rotatable bonds is 9. The minimum Gasteiger partial charge on any atom is -0.492 e. The van der Waals surface area contributed by atoms with Gasteiger partial charge in [-0.05, 0) is 37.1 Å². The van der Waals surface area contributed by atoms with E-state index in [1.54, 1.807) is 0 Å². The van der Waals surface area contributed by atoms with Crippen LogP contribution in [0.25, 0.3) is 0 Å². The Balaban J connectivity index is 1.49. The Labute approximate surface area is 172 Å². The standard InChI is InChI=1S/C21H28N4O3S/c1-2-22-21(23-13-16-28-19-9-4-3-5-10-19)24-14-17-29(26,27)25-15-12-18-8-6-7-11-20(18)25/h3-11H,2,12-17H2,1H3,(H2,22,23,24). The summed E-state index contributed by atoms with van der Waals surface area (Å²) in [5, 5.41) is 6.30. The first-order chi connectivity index (χ1) is 14.1. The van der Waals surface area contributed by atoms with E-state index in [0.29, 0.717) is 32.2 Å². The molecule has 8 heteroatoms. The molecule has 0 saturated heterocycles. The molecule has 29 heavy (non-hydrogen) atoms. The van der Waals surface area contributed by atoms with E-state index in [0.717, 1.165) is 23.4 Å². The highest BCUT2D eigenvalue weighted by Gasteiger charge is 2.28. The molecule has 1 heterocycles. The first-order valence-electron chi connectivity index (χ1n) is 9.88. The Bertz CT molecular complexity index is 917. The Morgan fingerprint density at radius 1 is 1.10 bits per heavy atom. The van der Waals surface area contributed by atoms with Crippen LogP contribution in [-0.2, 0) is 16.4 Å². The van der Waals surface area contributed by atoms with E-state index < -0.39 is 10.0 Å². The summed E-state index contributed by atoms with van der Waals surface area (Å²) >= 11 is 0. The highest BCUT2D eigenvalue weighted by Crippen LogP contribution is 2.29. The van der Waals surface area contributed by atoms with E-state index in [4.69, 9.17) is 4.74 Å². The predicted molar refractivity (Wildman–Crippen MR) is 117 cm³/mol. The van der Waals surface area contributed by atoms with Crippen LogP contribution in [0.1, 0.15) is 12.5 Å². The van der Waals surface area contributed by atoms with Gasteiger partial charge in [-0.25, -0.2) is 8.42 Å². The number of nitrogens with one attached hydrogen (secondary N) is 2. The van der Waals surface area contributed by atoms with Crippen molar-refractivity contribution in [1.82, 2.24) is 10.6 Å². The van der Waals surface area contributed by atoms with E-state index in [1.807, 2.05) is 61.5 Å². The Hall–Kier alpha value is -2.74. The van der Waals surface area contributed by atoms with Gasteiger partial charge in [0.25, 0.3) is 0 Å². The summed E-state index contributed by atoms with van der Waals surface area (Å²) in [7, 11) is -3.40. The number of fused-ring (bicyclic) bond motifs is 1. The molecule has 1 aliphatic heterocycles. The highest BCUT2D eigenvalue weighted by atomic mass is 32.2. The zero-order valence-corrected chi connectivity index (χ0v) is 17.5. The number of anilines is 1. The van der Waals surface area contributed by atoms with Crippen LogP contribution in [-0.4, -0.2) is 52.9 Å². The number of hydrogen-bond acceptors (Lipinski definition) is 4. The summed E-state index contributed by atoms with van der Waals surface area (Å²) in [6.07, 6.45) is 0.754. The van der Waals surface area contributed by atoms with Gasteiger partial charge >= 0.3 is 0 Å². The molecular weight excluding hydrogens is 388 g/mol. The molecular formula is C21H28N4O3S. The molecule has 0 atom stereocenters. The van der Waals surface area contributed by atoms with Crippen LogP contribution < -0.4 is 19.7 Å². The second-order valence-electron chi connectivity index (χ2n) is 6.62. The largest absolute Gasteiger partial charge is 0.492 e. The SMILES string of the molecule is CCNC(=NCCS(=O)(=O)N1CCc2ccccc21)NCCOc1ccccc1. The van der Waals surface area contributed by atoms with Crippen LogP contribution in [0.3, 0.4) is 0 Å². The van der Waals surface area contributed by atoms with Crippen LogP contribution in [0.15, 0.2) is 59.6 Å². The van der Waals surface area contributed by atoms with E-state index in [1.165, 1.54) is 4.31 Å². The number of aliphatic imine (C=N–C) groups is 1. The van der Waals surface area contributed by atoms with Crippen molar-refractivity contribution >= 4 is 21.7 Å². The molecule has 2 N–H and O–H groups in total. The molecule has 0 amide bonds. The third-order valence-electron chi connectivity index (χ3n) is 4.55. The van der Waals surface area contributed by atoms with E-state index in [2.05, 4.69) is 15.6 Å². The summed E-state index contributed by atoms with van der Waals surface area (Å²) in [6, 6.07) is 17.2. The summed E-state index contributed by atoms with van der Waals surface area (Å²) in [6.45, 7) is 4.40. The van der Waals surface area contributed by atoms with Crippen LogP contribution in [0.2, 0.25) is 0 Å². The van der Waals surface area contributed by atoms with Gasteiger partial charge in [-0.1, -0.05) is 36.4 Å². The lowest BCUT2D eigenvalue weighted by molar-refractivity contribution is 0.322. The Morgan fingerprint density at radius 2 is 1.86 bits per heavy atom. The molecule has 0 aliphatic carbocycles. The van der Waals surface area contributed by atoms with Gasteiger partial charge in [0.1, 0.15) is 12.4 Å². The smallest absolute Gasteiger partial charge is 0.237 e. The summed E-state index contributed by atoms with van der Waals surface area (Å²) in [5.41, 5.74) is 1.87. The third-order valence-corrected chi connectivity index (χ3v) is 6.30. The maximum absolute atomic E-state index is 12.7. The summed E-state index contributed by atoms with van der Waals surface area (Å²) in [5.74, 6) is 1.37. The molecule has 0 fully saturated rings. The number of ether oxygens (including phenoxy) is 1. The number of guanidine groups is 1. The molecule has 0 unspecified atom stereocenters. The van der Waals surface area contributed by atoms with Crippen LogP contribution in [0.5, 0.6) is 5.75 Å². The van der Waals surface area contributed by atoms with E-state index >= 15 is 0 Å². The van der Waals surface area contributed by atoms with Crippen molar-refractivity contribution < 1.29 is 13.2 Å². The van der Waals surface area contributed by atoms with Crippen LogP contribution in [0.4, 0.5) is 5.69 Å². The van der Waals surface area contributed by atoms with Crippen molar-refractivity contribution in [2.24, 2.45) is 4.99 Å². The fraction of sp³-hybridized carbons (Fsp3) is 0.381. The van der Waals surface area contributed by atoms with Crippen molar-refractivity contribution in [3.63, 3.8) is 0 Å². The normalized spacial score (nSPS) is 13.8. The number of hydrogen-bond donors (Lipinski definition) is 2. The average Bonchev–Trinajstić information content (AvgIpc) is 3.17. The number of benzene rings is 2. The fourth-order valence-electron chi connectivity index (χ4n) is 3.18. The maximum atomic E-state index is 12.7. The minimum absolute atomic E-state index is 0.0293. The monoisotopic (exact) mass is 416 g/mol. The number of para-hydroxylation sites is 2. The first-order valence-corrected chi connectivity index (χ1v) is 11.5. The summed E-state index contributed by atoms with van der Waals surface area (Å²) in [4.78, 5) is 4.40. The van der Waals surface area contributed by atoms with Crippen molar-refractivity contribution in [2.75, 3.05) is 42.8 Å². The topological polar surface area (TPSA) is 83.0 Å². The van der Waals surface area contributed by atoms with E-state index in [-0.39, 0.29) is 12.3 Å². The van der Waals surface area contributed by atoms with Crippen molar-refractivity contribution in [1.29, 1.82) is 0 Å². The molecule has 0 bridgehead atoms. The zero-order valence-electron chi connectivity index (χ0n) is 16.7. The van der Waals surface area contributed by atoms with Gasteiger partial charge in [0.05, 0.1) is 24.5 Å². The van der Waals surface area contributed by atoms with Gasteiger partial charge < -0.3 is 15.4 Å². The lowest BCUT2D eigenvalue weighted by Crippen LogP contribution is -2.40. The van der Waals surface area contributed by atoms with Gasteiger partial charge in [0.15, 0.2) is 5.96 Å². The molecule has 0 aromatic heterocycles. The Morgan fingerprint density at radius 3 is 2.66 bits per heavy atom. The molecule has 2 aromatic carbocycles. The first kappa shape index (κ1) is 21.0. The minimum atomic E-state index is -3.40. The fourth-order valence-corrected chi connectivity index (χ4v) is 4.57. The van der Waals surface area contributed by atoms with Crippen molar-refractivity contribution in [2.45, 2.75) is 13.3 Å². The second-order valence-corrected chi connectivity index (χ2v) is 8.63. The quantitative estimate of drug-likeness (QED) is 0.371. The molecule has 0 spiro atoms. The molecule has 3 rings (SSSR count). The zero-order chi connectivity index (χ0) is 20.5. The molecule has 1 aliphatic rings. The maximum Gasteiger partial charge on any atom is 0.237 e. The molecule has 156 valence electrons. The van der Waals surface area contributed by atoms with Crippen molar-refractivity contribution in [3.8, 4) is 5.75 Å². The predicted octanol–water partition coefficient (Wildman–Crippen LogP) is 2.01. The van der Waals surface area contributed by atoms with Gasteiger partial charge in [0.2, 0.25) is 10.0 Å². The number of nitrogens with zero attached hydrogens (tertiary/aromatic N) is 2. The van der Waals surface area contributed by atoms with Gasteiger partial charge in [-0.3, -0.25) is 9.30 Å². The third kappa shape index (κ3) is 5.87.